The molecule has 2 nitrogen and oxygen atoms in total. The van der Waals surface area contributed by atoms with Crippen molar-refractivity contribution >= 4 is 0 Å². The fourth-order valence-electron chi connectivity index (χ4n) is 3.60. The van der Waals surface area contributed by atoms with Gasteiger partial charge in [0.1, 0.15) is 0 Å². The van der Waals surface area contributed by atoms with Crippen LogP contribution < -0.4 is 5.73 Å². The first-order valence-corrected chi connectivity index (χ1v) is 7.23. The number of hydrogen-bond donors (Lipinski definition) is 1. The molecule has 0 bridgehead atoms. The molecule has 16 heavy (non-hydrogen) atoms. The van der Waals surface area contributed by atoms with E-state index >= 15 is 0 Å². The minimum atomic E-state index is 0.425. The van der Waals surface area contributed by atoms with Crippen LogP contribution in [0.25, 0.3) is 0 Å². The fourth-order valence-corrected chi connectivity index (χ4v) is 3.60. The number of nitrogens with two attached hydrogens (primary N) is 1. The molecule has 0 spiro atoms. The monoisotopic (exact) mass is 224 g/mol. The van der Waals surface area contributed by atoms with Gasteiger partial charge in [-0.1, -0.05) is 32.1 Å². The smallest absolute Gasteiger partial charge is 0.0244 e. The maximum Gasteiger partial charge on any atom is 0.0244 e. The third-order valence-electron chi connectivity index (χ3n) is 4.62. The third kappa shape index (κ3) is 3.21. The predicted octanol–water partition coefficient (Wildman–Crippen LogP) is 2.77. The summed E-state index contributed by atoms with van der Waals surface area (Å²) in [6.07, 6.45) is 12.5. The van der Waals surface area contributed by atoms with Crippen molar-refractivity contribution in [1.29, 1.82) is 0 Å². The zero-order chi connectivity index (χ0) is 11.4. The Bertz CT molecular complexity index is 199. The van der Waals surface area contributed by atoms with E-state index in [2.05, 4.69) is 11.9 Å². The molecule has 2 rings (SSSR count). The van der Waals surface area contributed by atoms with Crippen molar-refractivity contribution in [3.8, 4) is 0 Å². The minimum absolute atomic E-state index is 0.425. The van der Waals surface area contributed by atoms with Crippen molar-refractivity contribution in [3.05, 3.63) is 0 Å². The van der Waals surface area contributed by atoms with Gasteiger partial charge >= 0.3 is 0 Å². The van der Waals surface area contributed by atoms with E-state index in [1.165, 1.54) is 64.3 Å². The van der Waals surface area contributed by atoms with Gasteiger partial charge in [0.15, 0.2) is 0 Å². The van der Waals surface area contributed by atoms with Crippen LogP contribution in [-0.4, -0.2) is 30.6 Å². The summed E-state index contributed by atoms with van der Waals surface area (Å²) in [6, 6.07) is 1.08. The van der Waals surface area contributed by atoms with Crippen LogP contribution in [0.2, 0.25) is 0 Å². The summed E-state index contributed by atoms with van der Waals surface area (Å²) in [5.41, 5.74) is 6.31. The first-order chi connectivity index (χ1) is 7.77. The van der Waals surface area contributed by atoms with E-state index in [-0.39, 0.29) is 0 Å². The molecule has 0 aromatic carbocycles. The molecule has 94 valence electrons. The summed E-state index contributed by atoms with van der Waals surface area (Å²) in [5.74, 6) is 0.959. The Labute approximate surface area is 101 Å². The average molecular weight is 224 g/mol. The van der Waals surface area contributed by atoms with Crippen LogP contribution in [0.1, 0.15) is 57.8 Å². The molecule has 0 aromatic heterocycles. The molecule has 0 aromatic rings. The second-order valence-electron chi connectivity index (χ2n) is 5.96. The van der Waals surface area contributed by atoms with E-state index in [9.17, 15) is 0 Å². The van der Waals surface area contributed by atoms with Gasteiger partial charge in [-0.2, -0.15) is 0 Å². The van der Waals surface area contributed by atoms with Gasteiger partial charge in [0.2, 0.25) is 0 Å². The van der Waals surface area contributed by atoms with Crippen LogP contribution in [-0.2, 0) is 0 Å². The Morgan fingerprint density at radius 1 is 0.938 bits per heavy atom. The molecule has 2 unspecified atom stereocenters. The number of likely N-dealkylation sites (N-methyl/N-ethyl adjacent to an activating group) is 1. The number of hydrogen-bond acceptors (Lipinski definition) is 2. The lowest BCUT2D eigenvalue weighted by Crippen LogP contribution is -2.46. The molecule has 2 aliphatic carbocycles. The highest BCUT2D eigenvalue weighted by Gasteiger charge is 2.26. The average Bonchev–Trinajstić information content (AvgIpc) is 2.66. The Kier molecular flexibility index (Phi) is 4.66. The quantitative estimate of drug-likeness (QED) is 0.747. The molecule has 2 fully saturated rings. The maximum atomic E-state index is 6.31. The Balaban J connectivity index is 1.83. The van der Waals surface area contributed by atoms with E-state index in [1.807, 2.05) is 0 Å². The molecule has 0 saturated heterocycles. The van der Waals surface area contributed by atoms with Crippen LogP contribution in [0, 0.1) is 5.92 Å². The SMILES string of the molecule is CN(CC1CCCC1)C1CCCCCC1N. The van der Waals surface area contributed by atoms with E-state index in [0.29, 0.717) is 12.1 Å². The molecule has 0 radical (unpaired) electrons. The predicted molar refractivity (Wildman–Crippen MR) is 69.4 cm³/mol. The van der Waals surface area contributed by atoms with Gasteiger partial charge < -0.3 is 10.6 Å². The highest BCUT2D eigenvalue weighted by atomic mass is 15.1. The van der Waals surface area contributed by atoms with E-state index in [1.54, 1.807) is 0 Å². The lowest BCUT2D eigenvalue weighted by atomic mass is 10.0. The van der Waals surface area contributed by atoms with Crippen molar-refractivity contribution in [1.82, 2.24) is 4.90 Å². The second-order valence-corrected chi connectivity index (χ2v) is 5.96. The van der Waals surface area contributed by atoms with E-state index in [4.69, 9.17) is 5.73 Å². The summed E-state index contributed by atoms with van der Waals surface area (Å²) < 4.78 is 0. The minimum Gasteiger partial charge on any atom is -0.326 e. The fraction of sp³-hybridized carbons (Fsp3) is 1.00. The molecule has 2 heteroatoms. The summed E-state index contributed by atoms with van der Waals surface area (Å²) in [6.45, 7) is 1.29. The molecule has 2 atom stereocenters. The van der Waals surface area contributed by atoms with Crippen molar-refractivity contribution in [2.75, 3.05) is 13.6 Å². The molecule has 2 aliphatic rings. The van der Waals surface area contributed by atoms with Crippen molar-refractivity contribution in [3.63, 3.8) is 0 Å². The van der Waals surface area contributed by atoms with Gasteiger partial charge in [0.05, 0.1) is 0 Å². The van der Waals surface area contributed by atoms with Gasteiger partial charge in [-0.05, 0) is 38.6 Å². The van der Waals surface area contributed by atoms with Crippen molar-refractivity contribution in [2.24, 2.45) is 11.7 Å². The van der Waals surface area contributed by atoms with Crippen LogP contribution in [0.4, 0.5) is 0 Å². The molecular weight excluding hydrogens is 196 g/mol. The maximum absolute atomic E-state index is 6.31. The van der Waals surface area contributed by atoms with Gasteiger partial charge in [-0.25, -0.2) is 0 Å². The lowest BCUT2D eigenvalue weighted by molar-refractivity contribution is 0.174. The molecule has 0 aliphatic heterocycles. The summed E-state index contributed by atoms with van der Waals surface area (Å²) in [7, 11) is 2.30. The van der Waals surface area contributed by atoms with Crippen LogP contribution in [0.5, 0.6) is 0 Å². The Hall–Kier alpha value is -0.0800. The Morgan fingerprint density at radius 2 is 1.56 bits per heavy atom. The Morgan fingerprint density at radius 3 is 2.31 bits per heavy atom. The van der Waals surface area contributed by atoms with Gasteiger partial charge in [0.25, 0.3) is 0 Å². The van der Waals surface area contributed by atoms with E-state index < -0.39 is 0 Å². The van der Waals surface area contributed by atoms with Crippen molar-refractivity contribution in [2.45, 2.75) is 69.9 Å². The van der Waals surface area contributed by atoms with Gasteiger partial charge in [-0.15, -0.1) is 0 Å². The zero-order valence-electron chi connectivity index (χ0n) is 10.8. The molecular formula is C14H28N2. The van der Waals surface area contributed by atoms with E-state index in [0.717, 1.165) is 5.92 Å². The summed E-state index contributed by atoms with van der Waals surface area (Å²) in [5, 5.41) is 0. The topological polar surface area (TPSA) is 29.3 Å². The van der Waals surface area contributed by atoms with Crippen LogP contribution >= 0.6 is 0 Å². The summed E-state index contributed by atoms with van der Waals surface area (Å²) in [4.78, 5) is 2.58. The summed E-state index contributed by atoms with van der Waals surface area (Å²) >= 11 is 0. The van der Waals surface area contributed by atoms with Crippen molar-refractivity contribution < 1.29 is 0 Å². The molecule has 0 heterocycles. The molecule has 2 N–H and O–H groups in total. The second kappa shape index (κ2) is 6.02. The first-order valence-electron chi connectivity index (χ1n) is 7.23. The third-order valence-corrected chi connectivity index (χ3v) is 4.62. The van der Waals surface area contributed by atoms with Crippen LogP contribution in [0.15, 0.2) is 0 Å². The van der Waals surface area contributed by atoms with Gasteiger partial charge in [0, 0.05) is 18.6 Å². The molecule has 0 amide bonds. The van der Waals surface area contributed by atoms with Gasteiger partial charge in [-0.3, -0.25) is 0 Å². The highest BCUT2D eigenvalue weighted by molar-refractivity contribution is 4.84. The number of rotatable bonds is 3. The highest BCUT2D eigenvalue weighted by Crippen LogP contribution is 2.27. The standard InChI is InChI=1S/C14H28N2/c1-16(11-12-7-5-6-8-12)14-10-4-2-3-9-13(14)15/h12-14H,2-11,15H2,1H3. The lowest BCUT2D eigenvalue weighted by Gasteiger charge is -2.33. The number of nitrogens with zero attached hydrogens (tertiary/aromatic N) is 1. The normalized spacial score (nSPS) is 33.2. The zero-order valence-corrected chi connectivity index (χ0v) is 10.8. The largest absolute Gasteiger partial charge is 0.326 e. The van der Waals surface area contributed by atoms with Crippen LogP contribution in [0.3, 0.4) is 0 Å². The first kappa shape index (κ1) is 12.4. The molecule has 2 saturated carbocycles.